The number of pyridine rings is 1. The maximum absolute atomic E-state index is 13.5. The summed E-state index contributed by atoms with van der Waals surface area (Å²) in [6.07, 6.45) is 3.03. The number of halogens is 1. The Balaban J connectivity index is 1.58. The average molecular weight is 469 g/mol. The number of hydrogen-bond donors (Lipinski definition) is 1. The summed E-state index contributed by atoms with van der Waals surface area (Å²) in [7, 11) is 0. The predicted molar refractivity (Wildman–Crippen MR) is 123 cm³/mol. The summed E-state index contributed by atoms with van der Waals surface area (Å²) in [6, 6.07) is 9.25. The van der Waals surface area contributed by atoms with Gasteiger partial charge in [-0.25, -0.2) is 14.2 Å². The van der Waals surface area contributed by atoms with Gasteiger partial charge in [0.15, 0.2) is 0 Å². The number of carbonyl (C=O) groups is 1. The van der Waals surface area contributed by atoms with E-state index in [0.29, 0.717) is 28.4 Å². The van der Waals surface area contributed by atoms with E-state index >= 15 is 0 Å². The predicted octanol–water partition coefficient (Wildman–Crippen LogP) is 2.74. The highest BCUT2D eigenvalue weighted by atomic mass is 32.1. The van der Waals surface area contributed by atoms with Crippen LogP contribution >= 0.6 is 11.3 Å². The molecule has 0 fully saturated rings. The molecule has 0 atom stereocenters. The molecule has 1 aromatic carbocycles. The molecule has 0 saturated heterocycles. The molecular formula is C23H21FN4O4S. The van der Waals surface area contributed by atoms with E-state index in [0.717, 1.165) is 21.5 Å². The smallest absolute Gasteiger partial charge is 0.336 e. The van der Waals surface area contributed by atoms with Crippen molar-refractivity contribution in [2.45, 2.75) is 26.9 Å². The van der Waals surface area contributed by atoms with Gasteiger partial charge in [-0.1, -0.05) is 18.2 Å². The maximum Gasteiger partial charge on any atom is 0.336 e. The number of benzene rings is 1. The van der Waals surface area contributed by atoms with Crippen LogP contribution in [0.5, 0.6) is 5.88 Å². The van der Waals surface area contributed by atoms with Crippen LogP contribution in [0.1, 0.15) is 33.3 Å². The number of ether oxygens (including phenoxy) is 1. The number of hydrogen-bond acceptors (Lipinski definition) is 6. The second-order valence-electron chi connectivity index (χ2n) is 7.32. The molecule has 1 N–H and O–H groups in total. The van der Waals surface area contributed by atoms with Gasteiger partial charge in [-0.2, -0.15) is 0 Å². The van der Waals surface area contributed by atoms with Gasteiger partial charge in [0, 0.05) is 30.6 Å². The number of thiazole rings is 1. The van der Waals surface area contributed by atoms with Gasteiger partial charge in [-0.3, -0.25) is 18.6 Å². The van der Waals surface area contributed by atoms with Crippen LogP contribution in [0.25, 0.3) is 4.83 Å². The summed E-state index contributed by atoms with van der Waals surface area (Å²) < 4.78 is 21.1. The Morgan fingerprint density at radius 1 is 1.21 bits per heavy atom. The van der Waals surface area contributed by atoms with Crippen molar-refractivity contribution < 1.29 is 13.9 Å². The summed E-state index contributed by atoms with van der Waals surface area (Å²) >= 11 is 1.06. The van der Waals surface area contributed by atoms with Crippen LogP contribution in [0, 0.1) is 12.7 Å². The molecule has 3 heterocycles. The highest BCUT2D eigenvalue weighted by Gasteiger charge is 2.18. The molecule has 33 heavy (non-hydrogen) atoms. The van der Waals surface area contributed by atoms with Gasteiger partial charge in [0.05, 0.1) is 13.2 Å². The highest BCUT2D eigenvalue weighted by Crippen LogP contribution is 2.18. The van der Waals surface area contributed by atoms with E-state index in [-0.39, 0.29) is 23.9 Å². The van der Waals surface area contributed by atoms with Crippen LogP contribution in [0.2, 0.25) is 0 Å². The number of aryl methyl sites for hydroxylation is 1. The molecule has 0 unspecified atom stereocenters. The topological polar surface area (TPSA) is 94.7 Å². The summed E-state index contributed by atoms with van der Waals surface area (Å²) in [5, 5.41) is 2.79. The van der Waals surface area contributed by atoms with Crippen LogP contribution in [-0.4, -0.2) is 26.5 Å². The maximum atomic E-state index is 13.5. The van der Waals surface area contributed by atoms with Gasteiger partial charge in [0.25, 0.3) is 11.5 Å². The molecule has 0 bridgehead atoms. The lowest BCUT2D eigenvalue weighted by molar-refractivity contribution is 0.0954. The van der Waals surface area contributed by atoms with Crippen molar-refractivity contribution in [2.75, 3.05) is 6.61 Å². The third-order valence-corrected chi connectivity index (χ3v) is 6.20. The van der Waals surface area contributed by atoms with Crippen molar-refractivity contribution in [3.63, 3.8) is 0 Å². The molecule has 170 valence electrons. The van der Waals surface area contributed by atoms with E-state index in [2.05, 4.69) is 10.3 Å². The lowest BCUT2D eigenvalue weighted by atomic mass is 10.2. The molecule has 4 aromatic rings. The zero-order valence-corrected chi connectivity index (χ0v) is 18.8. The third kappa shape index (κ3) is 4.70. The van der Waals surface area contributed by atoms with E-state index in [1.165, 1.54) is 28.8 Å². The molecular weight excluding hydrogens is 447 g/mol. The molecule has 0 radical (unpaired) electrons. The second kappa shape index (κ2) is 9.37. The number of rotatable bonds is 7. The van der Waals surface area contributed by atoms with Crippen LogP contribution in [-0.2, 0) is 13.1 Å². The largest absolute Gasteiger partial charge is 0.478 e. The lowest BCUT2D eigenvalue weighted by Gasteiger charge is -2.07. The van der Waals surface area contributed by atoms with E-state index < -0.39 is 17.1 Å². The van der Waals surface area contributed by atoms with E-state index in [1.807, 2.05) is 6.92 Å². The van der Waals surface area contributed by atoms with Gasteiger partial charge in [-0.05, 0) is 37.1 Å². The highest BCUT2D eigenvalue weighted by molar-refractivity contribution is 7.19. The van der Waals surface area contributed by atoms with E-state index in [1.54, 1.807) is 31.3 Å². The number of carbonyl (C=O) groups excluding carboxylic acids is 1. The van der Waals surface area contributed by atoms with Crippen LogP contribution in [0.15, 0.2) is 58.4 Å². The van der Waals surface area contributed by atoms with Crippen molar-refractivity contribution in [3.8, 4) is 5.88 Å². The summed E-state index contributed by atoms with van der Waals surface area (Å²) in [6.45, 7) is 4.16. The van der Waals surface area contributed by atoms with E-state index in [9.17, 15) is 18.8 Å². The van der Waals surface area contributed by atoms with Gasteiger partial charge in [-0.15, -0.1) is 11.3 Å². The fraction of sp³-hybridized carbons (Fsp3) is 0.217. The van der Waals surface area contributed by atoms with Crippen molar-refractivity contribution in [1.82, 2.24) is 19.3 Å². The van der Waals surface area contributed by atoms with Gasteiger partial charge in [0.2, 0.25) is 5.88 Å². The minimum absolute atomic E-state index is 0.0681. The Morgan fingerprint density at radius 3 is 2.73 bits per heavy atom. The summed E-state index contributed by atoms with van der Waals surface area (Å²) in [4.78, 5) is 43.3. The normalized spacial score (nSPS) is 11.0. The number of amides is 1. The van der Waals surface area contributed by atoms with Crippen LogP contribution < -0.4 is 21.3 Å². The molecule has 3 aromatic heterocycles. The molecule has 0 spiro atoms. The summed E-state index contributed by atoms with van der Waals surface area (Å²) in [5.74, 6) is -0.317. The molecule has 8 nitrogen and oxygen atoms in total. The minimum Gasteiger partial charge on any atom is -0.478 e. The van der Waals surface area contributed by atoms with Gasteiger partial charge >= 0.3 is 5.69 Å². The van der Waals surface area contributed by atoms with Crippen molar-refractivity contribution in [2.24, 2.45) is 0 Å². The average Bonchev–Trinajstić information content (AvgIpc) is 3.26. The fourth-order valence-electron chi connectivity index (χ4n) is 3.35. The fourth-order valence-corrected chi connectivity index (χ4v) is 4.35. The third-order valence-electron chi connectivity index (χ3n) is 4.99. The van der Waals surface area contributed by atoms with Gasteiger partial charge < -0.3 is 10.1 Å². The minimum atomic E-state index is -0.587. The Bertz CT molecular complexity index is 1440. The molecule has 0 aliphatic heterocycles. The van der Waals surface area contributed by atoms with Crippen molar-refractivity contribution in [3.05, 3.63) is 97.0 Å². The van der Waals surface area contributed by atoms with E-state index in [4.69, 9.17) is 4.74 Å². The first kappa shape index (κ1) is 22.4. The Hall–Kier alpha value is -3.79. The molecule has 0 saturated carbocycles. The molecule has 10 heteroatoms. The number of nitrogens with one attached hydrogen (secondary N) is 1. The zero-order chi connectivity index (χ0) is 23.5. The summed E-state index contributed by atoms with van der Waals surface area (Å²) in [5.41, 5.74) is 0.557. The van der Waals surface area contributed by atoms with Crippen LogP contribution in [0.3, 0.4) is 0 Å². The number of nitrogens with zero attached hydrogens (tertiary/aromatic N) is 3. The van der Waals surface area contributed by atoms with Crippen molar-refractivity contribution >= 4 is 22.1 Å². The second-order valence-corrected chi connectivity index (χ2v) is 8.35. The van der Waals surface area contributed by atoms with Crippen molar-refractivity contribution in [1.29, 1.82) is 0 Å². The molecule has 0 aliphatic carbocycles. The van der Waals surface area contributed by atoms with Gasteiger partial charge in [0.1, 0.15) is 15.5 Å². The zero-order valence-electron chi connectivity index (χ0n) is 18.0. The standard InChI is InChI=1S/C23H21FN4O4S/c1-3-32-19-8-7-16(10-25-19)11-26-20(29)18-13-28-22(33-18)14(2)21(30)27(23(28)31)12-15-5-4-6-17(24)9-15/h4-10,13H,3,11-12H2,1-2H3,(H,26,29). The number of aromatic nitrogens is 3. The first-order valence-corrected chi connectivity index (χ1v) is 11.0. The molecule has 1 amide bonds. The Morgan fingerprint density at radius 2 is 2.03 bits per heavy atom. The molecule has 4 rings (SSSR count). The molecule has 0 aliphatic rings. The first-order chi connectivity index (χ1) is 15.9. The van der Waals surface area contributed by atoms with Crippen LogP contribution in [0.4, 0.5) is 4.39 Å². The monoisotopic (exact) mass is 468 g/mol. The Kier molecular flexibility index (Phi) is 6.36. The first-order valence-electron chi connectivity index (χ1n) is 10.2. The SMILES string of the molecule is CCOc1ccc(CNC(=O)c2cn3c(=O)n(Cc4cccc(F)c4)c(=O)c(C)c3s2)cn1. The lowest BCUT2D eigenvalue weighted by Crippen LogP contribution is -2.38. The number of fused-ring (bicyclic) bond motifs is 1. The quantitative estimate of drug-likeness (QED) is 0.450. The Labute approximate surface area is 191 Å².